The number of hydrogen-bond donors (Lipinski definition) is 1. The van der Waals surface area contributed by atoms with Crippen LogP contribution < -0.4 is 10.1 Å². The molecule has 1 aliphatic rings. The Morgan fingerprint density at radius 2 is 2.25 bits per heavy atom. The maximum atomic E-state index is 12.3. The van der Waals surface area contributed by atoms with Gasteiger partial charge in [-0.05, 0) is 25.1 Å². The first-order chi connectivity index (χ1) is 9.49. The number of carbonyl (C=O) groups is 2. The average Bonchev–Trinajstić information content (AvgIpc) is 2.41. The summed E-state index contributed by atoms with van der Waals surface area (Å²) in [6, 6.07) is 4.96. The summed E-state index contributed by atoms with van der Waals surface area (Å²) < 4.78 is 28.6. The smallest absolute Gasteiger partial charge is 0.387 e. The lowest BCUT2D eigenvalue weighted by molar-refractivity contribution is -0.127. The molecule has 1 fully saturated rings. The van der Waals surface area contributed by atoms with Gasteiger partial charge in [-0.25, -0.2) is 0 Å². The van der Waals surface area contributed by atoms with Gasteiger partial charge in [-0.1, -0.05) is 6.07 Å². The molecule has 1 atom stereocenters. The Kier molecular flexibility index (Phi) is 4.16. The molecule has 0 bridgehead atoms. The zero-order chi connectivity index (χ0) is 14.7. The molecule has 1 N–H and O–H groups in total. The summed E-state index contributed by atoms with van der Waals surface area (Å²) in [6.07, 6.45) is 0. The van der Waals surface area contributed by atoms with Gasteiger partial charge in [0, 0.05) is 18.7 Å². The van der Waals surface area contributed by atoms with Crippen LogP contribution in [0.25, 0.3) is 0 Å². The van der Waals surface area contributed by atoms with Gasteiger partial charge in [0.15, 0.2) is 0 Å². The maximum Gasteiger partial charge on any atom is 0.387 e. The van der Waals surface area contributed by atoms with E-state index in [2.05, 4.69) is 10.1 Å². The van der Waals surface area contributed by atoms with Crippen molar-refractivity contribution in [2.75, 3.05) is 13.1 Å². The molecule has 2 amide bonds. The molecule has 1 aliphatic heterocycles. The van der Waals surface area contributed by atoms with E-state index in [-0.39, 0.29) is 23.1 Å². The second kappa shape index (κ2) is 5.85. The number of hydrogen-bond acceptors (Lipinski definition) is 3. The number of rotatable bonds is 3. The van der Waals surface area contributed by atoms with E-state index in [1.807, 2.05) is 0 Å². The van der Waals surface area contributed by atoms with Crippen molar-refractivity contribution in [2.45, 2.75) is 19.6 Å². The highest BCUT2D eigenvalue weighted by atomic mass is 19.3. The van der Waals surface area contributed by atoms with Crippen LogP contribution in [0.5, 0.6) is 5.75 Å². The monoisotopic (exact) mass is 284 g/mol. The number of carbonyl (C=O) groups excluding carboxylic acids is 2. The summed E-state index contributed by atoms with van der Waals surface area (Å²) in [5.74, 6) is -0.698. The van der Waals surface area contributed by atoms with Crippen LogP contribution in [-0.4, -0.2) is 42.5 Å². The van der Waals surface area contributed by atoms with Crippen molar-refractivity contribution >= 4 is 11.8 Å². The van der Waals surface area contributed by atoms with E-state index in [9.17, 15) is 18.4 Å². The maximum absolute atomic E-state index is 12.3. The summed E-state index contributed by atoms with van der Waals surface area (Å²) >= 11 is 0. The third-order valence-corrected chi connectivity index (χ3v) is 3.07. The van der Waals surface area contributed by atoms with Gasteiger partial charge in [0.25, 0.3) is 5.91 Å². The van der Waals surface area contributed by atoms with Crippen molar-refractivity contribution in [1.29, 1.82) is 0 Å². The Labute approximate surface area is 114 Å². The quantitative estimate of drug-likeness (QED) is 0.908. The van der Waals surface area contributed by atoms with Gasteiger partial charge < -0.3 is 15.0 Å². The fraction of sp³-hybridized carbons (Fsp3) is 0.385. The second-order valence-corrected chi connectivity index (χ2v) is 4.37. The van der Waals surface area contributed by atoms with Gasteiger partial charge in [-0.2, -0.15) is 8.78 Å². The molecule has 7 heteroatoms. The van der Waals surface area contributed by atoms with Crippen molar-refractivity contribution in [2.24, 2.45) is 0 Å². The Balaban J connectivity index is 2.18. The standard InChI is InChI=1S/C13H14F2N2O3/c1-8-11(18)16-5-6-17(8)12(19)9-3-2-4-10(7-9)20-13(14)15/h2-4,7-8,13H,5-6H2,1H3,(H,16,18). The summed E-state index contributed by atoms with van der Waals surface area (Å²) in [4.78, 5) is 25.2. The van der Waals surface area contributed by atoms with E-state index >= 15 is 0 Å². The van der Waals surface area contributed by atoms with Crippen LogP contribution in [0.2, 0.25) is 0 Å². The third-order valence-electron chi connectivity index (χ3n) is 3.07. The highest BCUT2D eigenvalue weighted by molar-refractivity contribution is 5.98. The van der Waals surface area contributed by atoms with Crippen molar-refractivity contribution in [3.8, 4) is 5.75 Å². The lowest BCUT2D eigenvalue weighted by Crippen LogP contribution is -2.55. The van der Waals surface area contributed by atoms with E-state index in [0.717, 1.165) is 0 Å². The molecule has 1 unspecified atom stereocenters. The van der Waals surface area contributed by atoms with Gasteiger partial charge in [0.1, 0.15) is 11.8 Å². The Morgan fingerprint density at radius 3 is 2.95 bits per heavy atom. The highest BCUT2D eigenvalue weighted by Gasteiger charge is 2.29. The van der Waals surface area contributed by atoms with Gasteiger partial charge in [-0.15, -0.1) is 0 Å². The lowest BCUT2D eigenvalue weighted by atomic mass is 10.1. The van der Waals surface area contributed by atoms with E-state index in [0.29, 0.717) is 13.1 Å². The van der Waals surface area contributed by atoms with Crippen LogP contribution >= 0.6 is 0 Å². The van der Waals surface area contributed by atoms with E-state index < -0.39 is 12.7 Å². The van der Waals surface area contributed by atoms with Crippen LogP contribution in [0.1, 0.15) is 17.3 Å². The SMILES string of the molecule is CC1C(=O)NCCN1C(=O)c1cccc(OC(F)F)c1. The molecule has 5 nitrogen and oxygen atoms in total. The number of amides is 2. The predicted octanol–water partition coefficient (Wildman–Crippen LogP) is 1.25. The van der Waals surface area contributed by atoms with E-state index in [4.69, 9.17) is 0 Å². The van der Waals surface area contributed by atoms with Crippen LogP contribution in [0.3, 0.4) is 0 Å². The fourth-order valence-corrected chi connectivity index (χ4v) is 2.03. The molecule has 0 aromatic heterocycles. The number of alkyl halides is 2. The minimum atomic E-state index is -2.94. The predicted molar refractivity (Wildman–Crippen MR) is 66.6 cm³/mol. The van der Waals surface area contributed by atoms with Crippen molar-refractivity contribution in [3.05, 3.63) is 29.8 Å². The Hall–Kier alpha value is -2.18. The van der Waals surface area contributed by atoms with Crippen molar-refractivity contribution in [3.63, 3.8) is 0 Å². The molecule has 1 saturated heterocycles. The molecule has 2 rings (SSSR count). The van der Waals surface area contributed by atoms with Crippen molar-refractivity contribution in [1.82, 2.24) is 10.2 Å². The molecule has 108 valence electrons. The number of halogens is 2. The first-order valence-corrected chi connectivity index (χ1v) is 6.12. The molecular weight excluding hydrogens is 270 g/mol. The van der Waals surface area contributed by atoms with Crippen LogP contribution in [-0.2, 0) is 4.79 Å². The van der Waals surface area contributed by atoms with E-state index in [1.165, 1.54) is 29.2 Å². The largest absolute Gasteiger partial charge is 0.435 e. The summed E-state index contributed by atoms with van der Waals surface area (Å²) in [5, 5.41) is 2.65. The van der Waals surface area contributed by atoms with Gasteiger partial charge >= 0.3 is 6.61 Å². The third kappa shape index (κ3) is 3.04. The van der Waals surface area contributed by atoms with Crippen LogP contribution in [0.15, 0.2) is 24.3 Å². The van der Waals surface area contributed by atoms with Crippen LogP contribution in [0.4, 0.5) is 8.78 Å². The molecule has 0 spiro atoms. The van der Waals surface area contributed by atoms with Gasteiger partial charge in [0.2, 0.25) is 5.91 Å². The first kappa shape index (κ1) is 14.2. The summed E-state index contributed by atoms with van der Waals surface area (Å²) in [5.41, 5.74) is 0.213. The highest BCUT2D eigenvalue weighted by Crippen LogP contribution is 2.18. The van der Waals surface area contributed by atoms with E-state index in [1.54, 1.807) is 6.92 Å². The number of nitrogens with zero attached hydrogens (tertiary/aromatic N) is 1. The molecule has 1 aromatic rings. The number of piperazine rings is 1. The molecule has 0 aliphatic carbocycles. The summed E-state index contributed by atoms with van der Waals surface area (Å²) in [6.45, 7) is -0.570. The average molecular weight is 284 g/mol. The fourth-order valence-electron chi connectivity index (χ4n) is 2.03. The topological polar surface area (TPSA) is 58.6 Å². The minimum absolute atomic E-state index is 0.0834. The number of benzene rings is 1. The molecule has 0 saturated carbocycles. The number of nitrogens with one attached hydrogen (secondary N) is 1. The molecule has 1 aromatic carbocycles. The Morgan fingerprint density at radius 1 is 1.50 bits per heavy atom. The lowest BCUT2D eigenvalue weighted by Gasteiger charge is -2.32. The Bertz CT molecular complexity index is 522. The molecule has 0 radical (unpaired) electrons. The van der Waals surface area contributed by atoms with Gasteiger partial charge in [0.05, 0.1) is 0 Å². The normalized spacial score (nSPS) is 18.9. The van der Waals surface area contributed by atoms with Gasteiger partial charge in [-0.3, -0.25) is 9.59 Å². The number of ether oxygens (including phenoxy) is 1. The zero-order valence-corrected chi connectivity index (χ0v) is 10.8. The summed E-state index contributed by atoms with van der Waals surface area (Å²) in [7, 11) is 0. The molecule has 1 heterocycles. The molecule has 20 heavy (non-hydrogen) atoms. The first-order valence-electron chi connectivity index (χ1n) is 6.12. The van der Waals surface area contributed by atoms with Crippen molar-refractivity contribution < 1.29 is 23.1 Å². The molecular formula is C13H14F2N2O3. The minimum Gasteiger partial charge on any atom is -0.435 e. The zero-order valence-electron chi connectivity index (χ0n) is 10.8. The van der Waals surface area contributed by atoms with Crippen LogP contribution in [0, 0.1) is 0 Å². The second-order valence-electron chi connectivity index (χ2n) is 4.37.